The number of hydrogen-bond acceptors (Lipinski definition) is 3. The molecule has 3 aromatic carbocycles. The molecule has 2 aliphatic heterocycles. The molecule has 5 rings (SSSR count). The van der Waals surface area contributed by atoms with E-state index in [9.17, 15) is 0 Å². The summed E-state index contributed by atoms with van der Waals surface area (Å²) in [6.45, 7) is 0. The maximum atomic E-state index is 6.50. The molecule has 0 radical (unpaired) electrons. The molecule has 3 nitrogen and oxygen atoms in total. The Balaban J connectivity index is 1.63. The number of hydrogen-bond donors (Lipinski definition) is 0. The lowest BCUT2D eigenvalue weighted by Gasteiger charge is -2.38. The van der Waals surface area contributed by atoms with E-state index in [4.69, 9.17) is 56.2 Å². The van der Waals surface area contributed by atoms with Gasteiger partial charge in [0.15, 0.2) is 0 Å². The lowest BCUT2D eigenvalue weighted by atomic mass is 9.96. The molecule has 0 unspecified atom stereocenters. The molecule has 0 amide bonds. The second kappa shape index (κ2) is 7.92. The molecule has 2 heterocycles. The topological polar surface area (TPSA) is 24.8 Å². The van der Waals surface area contributed by atoms with Crippen LogP contribution in [0.4, 0.5) is 0 Å². The van der Waals surface area contributed by atoms with Gasteiger partial charge in [0.1, 0.15) is 5.75 Å². The lowest BCUT2D eigenvalue weighted by molar-refractivity contribution is -0.0189. The summed E-state index contributed by atoms with van der Waals surface area (Å²) in [6, 6.07) is 17.1. The van der Waals surface area contributed by atoms with Gasteiger partial charge in [-0.2, -0.15) is 5.10 Å². The van der Waals surface area contributed by atoms with Crippen molar-refractivity contribution in [2.24, 2.45) is 5.10 Å². The molecule has 0 saturated carbocycles. The van der Waals surface area contributed by atoms with Crippen LogP contribution in [0.25, 0.3) is 0 Å². The Morgan fingerprint density at radius 3 is 2.40 bits per heavy atom. The molecule has 8 heteroatoms. The van der Waals surface area contributed by atoms with Gasteiger partial charge in [0.05, 0.1) is 26.8 Å². The van der Waals surface area contributed by atoms with Crippen LogP contribution in [0.1, 0.15) is 35.4 Å². The number of fused-ring (bicyclic) bond motifs is 3. The first kappa shape index (κ1) is 20.5. The summed E-state index contributed by atoms with van der Waals surface area (Å²) in [7, 11) is 0. The largest absolute Gasteiger partial charge is 0.463 e. The fraction of sp³-hybridized carbons (Fsp3) is 0.136. The molecule has 0 fully saturated rings. The van der Waals surface area contributed by atoms with E-state index in [-0.39, 0.29) is 6.04 Å². The third-order valence-corrected chi connectivity index (χ3v) is 6.98. The van der Waals surface area contributed by atoms with Crippen LogP contribution >= 0.6 is 62.3 Å². The Labute approximate surface area is 202 Å². The number of rotatable bonds is 2. The number of nitrogens with zero attached hydrogens (tertiary/aromatic N) is 2. The molecular formula is C22H13BrCl4N2O. The molecule has 0 bridgehead atoms. The molecule has 0 spiro atoms. The van der Waals surface area contributed by atoms with Crippen molar-refractivity contribution in [1.29, 1.82) is 0 Å². The van der Waals surface area contributed by atoms with Gasteiger partial charge < -0.3 is 4.74 Å². The maximum Gasteiger partial charge on any atom is 0.214 e. The third kappa shape index (κ3) is 3.59. The quantitative estimate of drug-likeness (QED) is 0.325. The molecular weight excluding hydrogens is 530 g/mol. The van der Waals surface area contributed by atoms with Crippen molar-refractivity contribution in [2.75, 3.05) is 0 Å². The third-order valence-electron chi connectivity index (χ3n) is 5.21. The Bertz CT molecular complexity index is 1180. The van der Waals surface area contributed by atoms with Crippen LogP contribution in [0.15, 0.2) is 64.2 Å². The molecule has 152 valence electrons. The first-order valence-corrected chi connectivity index (χ1v) is 11.4. The summed E-state index contributed by atoms with van der Waals surface area (Å²) in [5.41, 5.74) is 3.77. The van der Waals surface area contributed by atoms with Gasteiger partial charge in [-0.15, -0.1) is 0 Å². The van der Waals surface area contributed by atoms with Crippen LogP contribution in [0.5, 0.6) is 5.75 Å². The van der Waals surface area contributed by atoms with Gasteiger partial charge in [-0.3, -0.25) is 0 Å². The van der Waals surface area contributed by atoms with Crippen molar-refractivity contribution in [3.63, 3.8) is 0 Å². The summed E-state index contributed by atoms with van der Waals surface area (Å²) in [4.78, 5) is 0. The van der Waals surface area contributed by atoms with Crippen molar-refractivity contribution in [2.45, 2.75) is 18.7 Å². The predicted octanol–water partition coefficient (Wildman–Crippen LogP) is 8.31. The van der Waals surface area contributed by atoms with E-state index >= 15 is 0 Å². The van der Waals surface area contributed by atoms with Crippen LogP contribution < -0.4 is 4.74 Å². The van der Waals surface area contributed by atoms with E-state index in [2.05, 4.69) is 15.9 Å². The second-order valence-electron chi connectivity index (χ2n) is 7.10. The average molecular weight is 543 g/mol. The number of hydrazone groups is 1. The first-order valence-electron chi connectivity index (χ1n) is 9.13. The number of ether oxygens (including phenoxy) is 1. The fourth-order valence-electron chi connectivity index (χ4n) is 3.82. The van der Waals surface area contributed by atoms with E-state index in [0.29, 0.717) is 32.3 Å². The zero-order valence-corrected chi connectivity index (χ0v) is 19.9. The van der Waals surface area contributed by atoms with Crippen molar-refractivity contribution in [1.82, 2.24) is 5.01 Å². The fourth-order valence-corrected chi connectivity index (χ4v) is 4.94. The van der Waals surface area contributed by atoms with Crippen LogP contribution in [-0.4, -0.2) is 10.7 Å². The number of benzene rings is 3. The summed E-state index contributed by atoms with van der Waals surface area (Å²) in [5, 5.41) is 8.85. The maximum absolute atomic E-state index is 6.50. The highest BCUT2D eigenvalue weighted by Gasteiger charge is 2.42. The highest BCUT2D eigenvalue weighted by Crippen LogP contribution is 2.51. The molecule has 0 saturated heterocycles. The highest BCUT2D eigenvalue weighted by atomic mass is 79.9. The zero-order chi connectivity index (χ0) is 21.0. The molecule has 0 aromatic heterocycles. The van der Waals surface area contributed by atoms with Gasteiger partial charge in [-0.05, 0) is 42.0 Å². The Hall–Kier alpha value is -1.43. The molecule has 0 aliphatic carbocycles. The Kier molecular flexibility index (Phi) is 5.41. The average Bonchev–Trinajstić information content (AvgIpc) is 3.16. The van der Waals surface area contributed by atoms with Crippen LogP contribution in [0, 0.1) is 0 Å². The van der Waals surface area contributed by atoms with Crippen molar-refractivity contribution < 1.29 is 4.74 Å². The van der Waals surface area contributed by atoms with Crippen molar-refractivity contribution >= 4 is 68.0 Å². The molecule has 2 atom stereocenters. The van der Waals surface area contributed by atoms with E-state index in [0.717, 1.165) is 26.9 Å². The van der Waals surface area contributed by atoms with Gasteiger partial charge in [0.2, 0.25) is 6.23 Å². The van der Waals surface area contributed by atoms with Crippen LogP contribution in [0.2, 0.25) is 20.1 Å². The predicted molar refractivity (Wildman–Crippen MR) is 126 cm³/mol. The Morgan fingerprint density at radius 1 is 0.900 bits per heavy atom. The van der Waals surface area contributed by atoms with Gasteiger partial charge in [0.25, 0.3) is 0 Å². The molecule has 30 heavy (non-hydrogen) atoms. The minimum atomic E-state index is -0.496. The summed E-state index contributed by atoms with van der Waals surface area (Å²) < 4.78 is 7.35. The van der Waals surface area contributed by atoms with Gasteiger partial charge in [-0.1, -0.05) is 80.5 Å². The highest BCUT2D eigenvalue weighted by molar-refractivity contribution is 9.10. The van der Waals surface area contributed by atoms with E-state index in [1.807, 2.05) is 41.4 Å². The van der Waals surface area contributed by atoms with Gasteiger partial charge in [0, 0.05) is 27.0 Å². The molecule has 2 aliphatic rings. The summed E-state index contributed by atoms with van der Waals surface area (Å²) in [6.07, 6.45) is 0.204. The summed E-state index contributed by atoms with van der Waals surface area (Å²) in [5.74, 6) is 0.616. The van der Waals surface area contributed by atoms with Crippen molar-refractivity contribution in [3.05, 3.63) is 95.9 Å². The minimum Gasteiger partial charge on any atom is -0.463 e. The van der Waals surface area contributed by atoms with Crippen LogP contribution in [0.3, 0.4) is 0 Å². The van der Waals surface area contributed by atoms with Crippen molar-refractivity contribution in [3.8, 4) is 5.75 Å². The van der Waals surface area contributed by atoms with Crippen LogP contribution in [-0.2, 0) is 0 Å². The SMILES string of the molecule is Clc1cc(Cl)c2c(c1)[C@@H]1CC(c3ccc(Br)cc3)=NN1[C@H](c1ccc(Cl)c(Cl)c1)O2. The van der Waals surface area contributed by atoms with E-state index < -0.39 is 6.23 Å². The summed E-state index contributed by atoms with van der Waals surface area (Å²) >= 11 is 28.7. The first-order chi connectivity index (χ1) is 14.4. The Morgan fingerprint density at radius 2 is 1.67 bits per heavy atom. The zero-order valence-electron chi connectivity index (χ0n) is 15.3. The standard InChI is InChI=1S/C22H13BrCl4N2O/c23-13-4-1-11(2-5-13)19-10-20-15-8-14(24)9-18(27)21(15)30-22(29(20)28-19)12-3-6-16(25)17(26)7-12/h1-9,20,22H,10H2/t20-,22-/m0/s1. The minimum absolute atomic E-state index is 0.0666. The lowest BCUT2D eigenvalue weighted by Crippen LogP contribution is -2.33. The van der Waals surface area contributed by atoms with Gasteiger partial charge >= 0.3 is 0 Å². The van der Waals surface area contributed by atoms with Gasteiger partial charge in [-0.25, -0.2) is 5.01 Å². The normalized spacial score (nSPS) is 19.8. The van der Waals surface area contributed by atoms with E-state index in [1.54, 1.807) is 18.2 Å². The van der Waals surface area contributed by atoms with E-state index in [1.165, 1.54) is 0 Å². The second-order valence-corrected chi connectivity index (χ2v) is 9.68. The monoisotopic (exact) mass is 540 g/mol. The molecule has 3 aromatic rings. The molecule has 0 N–H and O–H groups in total. The smallest absolute Gasteiger partial charge is 0.214 e. The number of halogens is 5.